The third-order valence-electron chi connectivity index (χ3n) is 3.36. The Morgan fingerprint density at radius 3 is 2.19 bits per heavy atom. The Morgan fingerprint density at radius 1 is 1.00 bits per heavy atom. The van der Waals surface area contributed by atoms with Crippen molar-refractivity contribution in [2.75, 3.05) is 10.7 Å². The van der Waals surface area contributed by atoms with Crippen LogP contribution in [0, 0.1) is 20.2 Å². The minimum atomic E-state index is -0.720. The Hall–Kier alpha value is -3.82. The summed E-state index contributed by atoms with van der Waals surface area (Å²) in [6.07, 6.45) is 0. The first kappa shape index (κ1) is 18.5. The van der Waals surface area contributed by atoms with Crippen molar-refractivity contribution in [3.63, 3.8) is 0 Å². The lowest BCUT2D eigenvalue weighted by Gasteiger charge is -2.06. The van der Waals surface area contributed by atoms with Crippen molar-refractivity contribution in [1.29, 1.82) is 0 Å². The van der Waals surface area contributed by atoms with Gasteiger partial charge in [0.15, 0.2) is 0 Å². The molecule has 0 aromatic heterocycles. The van der Waals surface area contributed by atoms with Gasteiger partial charge in [0.05, 0.1) is 21.6 Å². The molecule has 2 aromatic rings. The number of nitrogens with zero attached hydrogens (tertiary/aromatic N) is 3. The van der Waals surface area contributed by atoms with Crippen LogP contribution in [0.2, 0.25) is 0 Å². The average molecular weight is 357 g/mol. The van der Waals surface area contributed by atoms with Crippen LogP contribution in [0.4, 0.5) is 22.7 Å². The second kappa shape index (κ2) is 7.83. The fourth-order valence-electron chi connectivity index (χ4n) is 2.09. The van der Waals surface area contributed by atoms with Gasteiger partial charge in [0.1, 0.15) is 5.69 Å². The lowest BCUT2D eigenvalue weighted by Crippen LogP contribution is -2.06. The Bertz CT molecular complexity index is 892. The van der Waals surface area contributed by atoms with Gasteiger partial charge in [-0.3, -0.25) is 30.4 Å². The molecule has 0 unspecified atom stereocenters. The van der Waals surface area contributed by atoms with Crippen molar-refractivity contribution >= 4 is 34.4 Å². The molecule has 0 bridgehead atoms. The number of nitrogens with one attached hydrogen (secondary N) is 2. The topological polar surface area (TPSA) is 140 Å². The maximum atomic E-state index is 11.1. The first-order chi connectivity index (χ1) is 12.3. The van der Waals surface area contributed by atoms with E-state index in [0.717, 1.165) is 17.7 Å². The summed E-state index contributed by atoms with van der Waals surface area (Å²) in [6, 6.07) is 10.1. The highest BCUT2D eigenvalue weighted by Crippen LogP contribution is 2.29. The fraction of sp³-hybridized carbons (Fsp3) is 0.125. The number of non-ortho nitro benzene ring substituents is 1. The number of nitro benzene ring substituents is 2. The van der Waals surface area contributed by atoms with Crippen LogP contribution >= 0.6 is 0 Å². The molecule has 0 aliphatic heterocycles. The molecule has 2 N–H and O–H groups in total. The van der Waals surface area contributed by atoms with E-state index in [1.165, 1.54) is 13.0 Å². The van der Waals surface area contributed by atoms with Crippen molar-refractivity contribution in [1.82, 2.24) is 0 Å². The average Bonchev–Trinajstić information content (AvgIpc) is 2.59. The third kappa shape index (κ3) is 4.60. The first-order valence-corrected chi connectivity index (χ1v) is 7.39. The van der Waals surface area contributed by atoms with Gasteiger partial charge in [-0.2, -0.15) is 5.10 Å². The summed E-state index contributed by atoms with van der Waals surface area (Å²) in [7, 11) is 0. The zero-order valence-corrected chi connectivity index (χ0v) is 13.9. The molecular formula is C16H15N5O5. The smallest absolute Gasteiger partial charge is 0.301 e. The van der Waals surface area contributed by atoms with Crippen LogP contribution in [-0.2, 0) is 4.79 Å². The van der Waals surface area contributed by atoms with E-state index in [1.807, 2.05) is 0 Å². The standard InChI is InChI=1S/C16H15N5O5/c1-10(12-3-5-13(6-4-12)17-11(2)22)18-19-15-8-7-14(20(23)24)9-16(15)21(25)26/h3-9,19H,1-2H3,(H,17,22)/b18-10+. The normalized spacial score (nSPS) is 10.9. The largest absolute Gasteiger partial charge is 0.326 e. The van der Waals surface area contributed by atoms with E-state index >= 15 is 0 Å². The number of anilines is 2. The van der Waals surface area contributed by atoms with Crippen LogP contribution in [-0.4, -0.2) is 21.5 Å². The summed E-state index contributed by atoms with van der Waals surface area (Å²) < 4.78 is 0. The molecule has 0 radical (unpaired) electrons. The van der Waals surface area contributed by atoms with Gasteiger partial charge in [0.25, 0.3) is 5.69 Å². The summed E-state index contributed by atoms with van der Waals surface area (Å²) in [5.74, 6) is -0.185. The SMILES string of the molecule is CC(=O)Nc1ccc(/C(C)=N/Nc2ccc([N+](=O)[O-])cc2[N+](=O)[O-])cc1. The zero-order chi connectivity index (χ0) is 19.3. The number of hydrogen-bond acceptors (Lipinski definition) is 7. The monoisotopic (exact) mass is 357 g/mol. The molecule has 0 heterocycles. The van der Waals surface area contributed by atoms with E-state index in [1.54, 1.807) is 31.2 Å². The number of carbonyl (C=O) groups is 1. The molecule has 2 rings (SSSR count). The van der Waals surface area contributed by atoms with Crippen LogP contribution in [0.1, 0.15) is 19.4 Å². The predicted molar refractivity (Wildman–Crippen MR) is 96.3 cm³/mol. The molecule has 10 nitrogen and oxygen atoms in total. The second-order valence-electron chi connectivity index (χ2n) is 5.28. The number of benzene rings is 2. The van der Waals surface area contributed by atoms with E-state index in [-0.39, 0.29) is 17.3 Å². The van der Waals surface area contributed by atoms with Gasteiger partial charge in [-0.15, -0.1) is 0 Å². The van der Waals surface area contributed by atoms with E-state index in [9.17, 15) is 25.0 Å². The zero-order valence-electron chi connectivity index (χ0n) is 13.9. The van der Waals surface area contributed by atoms with Gasteiger partial charge < -0.3 is 5.32 Å². The molecule has 134 valence electrons. The fourth-order valence-corrected chi connectivity index (χ4v) is 2.09. The van der Waals surface area contributed by atoms with Gasteiger partial charge in [-0.05, 0) is 30.7 Å². The molecule has 10 heteroatoms. The molecular weight excluding hydrogens is 342 g/mol. The van der Waals surface area contributed by atoms with Crippen molar-refractivity contribution in [2.24, 2.45) is 5.10 Å². The quantitative estimate of drug-likeness (QED) is 0.462. The van der Waals surface area contributed by atoms with Gasteiger partial charge >= 0.3 is 5.69 Å². The number of nitro groups is 2. The molecule has 1 amide bonds. The van der Waals surface area contributed by atoms with E-state index < -0.39 is 15.5 Å². The van der Waals surface area contributed by atoms with Crippen LogP contribution in [0.5, 0.6) is 0 Å². The van der Waals surface area contributed by atoms with E-state index in [2.05, 4.69) is 15.8 Å². The summed E-state index contributed by atoms with van der Waals surface area (Å²) >= 11 is 0. The van der Waals surface area contributed by atoms with Crippen LogP contribution in [0.15, 0.2) is 47.6 Å². The summed E-state index contributed by atoms with van der Waals surface area (Å²) in [6.45, 7) is 3.10. The highest BCUT2D eigenvalue weighted by molar-refractivity contribution is 5.99. The lowest BCUT2D eigenvalue weighted by atomic mass is 10.1. The maximum absolute atomic E-state index is 11.1. The molecule has 2 aromatic carbocycles. The molecule has 0 atom stereocenters. The van der Waals surface area contributed by atoms with Gasteiger partial charge in [0, 0.05) is 18.7 Å². The minimum Gasteiger partial charge on any atom is -0.326 e. The molecule has 0 fully saturated rings. The van der Waals surface area contributed by atoms with Crippen molar-refractivity contribution < 1.29 is 14.6 Å². The molecule has 0 aliphatic rings. The molecule has 0 saturated carbocycles. The van der Waals surface area contributed by atoms with Crippen molar-refractivity contribution in [2.45, 2.75) is 13.8 Å². The molecule has 0 spiro atoms. The molecule has 0 aliphatic carbocycles. The van der Waals surface area contributed by atoms with Crippen LogP contribution in [0.3, 0.4) is 0 Å². The number of hydrazone groups is 1. The first-order valence-electron chi connectivity index (χ1n) is 7.39. The minimum absolute atomic E-state index is 0.0369. The predicted octanol–water partition coefficient (Wildman–Crippen LogP) is 3.30. The Morgan fingerprint density at radius 2 is 1.65 bits per heavy atom. The molecule has 26 heavy (non-hydrogen) atoms. The van der Waals surface area contributed by atoms with Gasteiger partial charge in [-0.25, -0.2) is 0 Å². The van der Waals surface area contributed by atoms with E-state index in [4.69, 9.17) is 0 Å². The van der Waals surface area contributed by atoms with Gasteiger partial charge in [-0.1, -0.05) is 12.1 Å². The maximum Gasteiger partial charge on any atom is 0.301 e. The second-order valence-corrected chi connectivity index (χ2v) is 5.28. The number of hydrogen-bond donors (Lipinski definition) is 2. The van der Waals surface area contributed by atoms with Crippen LogP contribution < -0.4 is 10.7 Å². The highest BCUT2D eigenvalue weighted by atomic mass is 16.6. The third-order valence-corrected chi connectivity index (χ3v) is 3.36. The highest BCUT2D eigenvalue weighted by Gasteiger charge is 2.19. The van der Waals surface area contributed by atoms with Crippen LogP contribution in [0.25, 0.3) is 0 Å². The Labute approximate surface area is 147 Å². The van der Waals surface area contributed by atoms with Crippen molar-refractivity contribution in [3.8, 4) is 0 Å². The Kier molecular flexibility index (Phi) is 5.58. The Balaban J connectivity index is 2.21. The van der Waals surface area contributed by atoms with Crippen molar-refractivity contribution in [3.05, 3.63) is 68.3 Å². The lowest BCUT2D eigenvalue weighted by molar-refractivity contribution is -0.393. The molecule has 0 saturated heterocycles. The summed E-state index contributed by atoms with van der Waals surface area (Å²) in [4.78, 5) is 31.4. The number of carbonyl (C=O) groups excluding carboxylic acids is 1. The summed E-state index contributed by atoms with van der Waals surface area (Å²) in [5, 5.41) is 28.6. The van der Waals surface area contributed by atoms with E-state index in [0.29, 0.717) is 11.4 Å². The summed E-state index contributed by atoms with van der Waals surface area (Å²) in [5.41, 5.74) is 3.67. The number of amides is 1. The van der Waals surface area contributed by atoms with Gasteiger partial charge in [0.2, 0.25) is 5.91 Å². The number of rotatable bonds is 6.